The van der Waals surface area contributed by atoms with E-state index in [0.717, 1.165) is 31.2 Å². The molecular formula is C14H15Cl2N3O. The minimum Gasteiger partial charge on any atom is -0.272 e. The van der Waals surface area contributed by atoms with Gasteiger partial charge in [-0.3, -0.25) is 4.57 Å². The van der Waals surface area contributed by atoms with E-state index in [1.54, 1.807) is 16.7 Å². The van der Waals surface area contributed by atoms with Crippen LogP contribution >= 0.6 is 23.2 Å². The number of rotatable bonds is 2. The first-order valence-corrected chi connectivity index (χ1v) is 7.55. The summed E-state index contributed by atoms with van der Waals surface area (Å²) < 4.78 is 1.76. The first kappa shape index (κ1) is 13.7. The van der Waals surface area contributed by atoms with E-state index in [0.29, 0.717) is 15.9 Å². The van der Waals surface area contributed by atoms with Crippen LogP contribution in [0.4, 0.5) is 0 Å². The second-order valence-electron chi connectivity index (χ2n) is 5.14. The molecule has 1 heterocycles. The van der Waals surface area contributed by atoms with Crippen molar-refractivity contribution in [3.63, 3.8) is 0 Å². The van der Waals surface area contributed by atoms with E-state index in [2.05, 4.69) is 10.2 Å². The maximum absolute atomic E-state index is 12.1. The summed E-state index contributed by atoms with van der Waals surface area (Å²) in [7, 11) is 0. The third kappa shape index (κ3) is 2.50. The number of nitrogens with one attached hydrogen (secondary N) is 1. The zero-order valence-corrected chi connectivity index (χ0v) is 12.4. The van der Waals surface area contributed by atoms with Crippen molar-refractivity contribution in [3.8, 4) is 11.4 Å². The van der Waals surface area contributed by atoms with Crippen molar-refractivity contribution < 1.29 is 0 Å². The first-order chi connectivity index (χ1) is 9.66. The number of aromatic amines is 1. The Balaban J connectivity index is 2.05. The standard InChI is InChI=1S/C14H15Cl2N3O/c15-11-7-6-9(8-12(11)16)13-17-18-14(20)19(13)10-4-2-1-3-5-10/h6-8,10H,1-5H2,(H,18,20). The maximum atomic E-state index is 12.1. The fourth-order valence-corrected chi connectivity index (χ4v) is 3.12. The van der Waals surface area contributed by atoms with E-state index in [9.17, 15) is 4.79 Å². The Bertz CT molecular complexity index is 671. The minimum absolute atomic E-state index is 0.155. The zero-order chi connectivity index (χ0) is 14.1. The van der Waals surface area contributed by atoms with Crippen molar-refractivity contribution >= 4 is 23.2 Å². The molecule has 2 aromatic rings. The van der Waals surface area contributed by atoms with Gasteiger partial charge in [-0.25, -0.2) is 9.89 Å². The molecule has 1 saturated carbocycles. The van der Waals surface area contributed by atoms with Crippen molar-refractivity contribution in [1.82, 2.24) is 14.8 Å². The maximum Gasteiger partial charge on any atom is 0.343 e. The van der Waals surface area contributed by atoms with Gasteiger partial charge in [-0.2, -0.15) is 5.10 Å². The third-order valence-corrected chi connectivity index (χ3v) is 4.56. The van der Waals surface area contributed by atoms with Crippen molar-refractivity contribution in [1.29, 1.82) is 0 Å². The van der Waals surface area contributed by atoms with E-state index < -0.39 is 0 Å². The summed E-state index contributed by atoms with van der Waals surface area (Å²) in [5, 5.41) is 7.67. The van der Waals surface area contributed by atoms with Crippen LogP contribution in [0.3, 0.4) is 0 Å². The topological polar surface area (TPSA) is 50.7 Å². The summed E-state index contributed by atoms with van der Waals surface area (Å²) in [4.78, 5) is 12.1. The fourth-order valence-electron chi connectivity index (χ4n) is 2.82. The van der Waals surface area contributed by atoms with Crippen LogP contribution in [0.15, 0.2) is 23.0 Å². The van der Waals surface area contributed by atoms with Gasteiger partial charge in [-0.05, 0) is 31.0 Å². The number of nitrogens with zero attached hydrogens (tertiary/aromatic N) is 2. The van der Waals surface area contributed by atoms with E-state index in [1.807, 2.05) is 6.07 Å². The number of hydrogen-bond acceptors (Lipinski definition) is 2. The summed E-state index contributed by atoms with van der Waals surface area (Å²) in [5.74, 6) is 0.639. The third-order valence-electron chi connectivity index (χ3n) is 3.82. The highest BCUT2D eigenvalue weighted by Crippen LogP contribution is 2.32. The molecule has 1 aromatic heterocycles. The molecule has 3 rings (SSSR count). The molecule has 1 aliphatic carbocycles. The zero-order valence-electron chi connectivity index (χ0n) is 10.9. The van der Waals surface area contributed by atoms with Gasteiger partial charge in [0.2, 0.25) is 0 Å². The largest absolute Gasteiger partial charge is 0.343 e. The van der Waals surface area contributed by atoms with Gasteiger partial charge >= 0.3 is 5.69 Å². The van der Waals surface area contributed by atoms with Crippen LogP contribution in [0.1, 0.15) is 38.1 Å². The lowest BCUT2D eigenvalue weighted by atomic mass is 9.95. The Labute approximate surface area is 126 Å². The summed E-state index contributed by atoms with van der Waals surface area (Å²) >= 11 is 12.0. The van der Waals surface area contributed by atoms with Crippen molar-refractivity contribution in [2.75, 3.05) is 0 Å². The van der Waals surface area contributed by atoms with Crippen molar-refractivity contribution in [2.45, 2.75) is 38.1 Å². The van der Waals surface area contributed by atoms with Gasteiger partial charge in [0.1, 0.15) is 0 Å². The lowest BCUT2D eigenvalue weighted by Gasteiger charge is -2.23. The molecule has 0 unspecified atom stereocenters. The van der Waals surface area contributed by atoms with Gasteiger partial charge in [-0.1, -0.05) is 42.5 Å². The molecule has 106 valence electrons. The monoisotopic (exact) mass is 311 g/mol. The Morgan fingerprint density at radius 1 is 1.15 bits per heavy atom. The van der Waals surface area contributed by atoms with Crippen LogP contribution in [0.5, 0.6) is 0 Å². The second kappa shape index (κ2) is 5.62. The molecule has 0 radical (unpaired) electrons. The lowest BCUT2D eigenvalue weighted by molar-refractivity contribution is 0.349. The van der Waals surface area contributed by atoms with Gasteiger partial charge in [-0.15, -0.1) is 0 Å². The van der Waals surface area contributed by atoms with Crippen LogP contribution in [0.25, 0.3) is 11.4 Å². The quantitative estimate of drug-likeness (QED) is 0.909. The van der Waals surface area contributed by atoms with E-state index in [1.165, 1.54) is 6.42 Å². The number of hydrogen-bond donors (Lipinski definition) is 1. The summed E-state index contributed by atoms with van der Waals surface area (Å²) in [5.41, 5.74) is 0.654. The highest BCUT2D eigenvalue weighted by atomic mass is 35.5. The molecule has 1 fully saturated rings. The van der Waals surface area contributed by atoms with E-state index >= 15 is 0 Å². The molecule has 0 saturated heterocycles. The minimum atomic E-state index is -0.155. The molecule has 1 N–H and O–H groups in total. The molecule has 1 aliphatic rings. The predicted octanol–water partition coefficient (Wildman–Crippen LogP) is 4.05. The number of aromatic nitrogens is 3. The molecule has 0 bridgehead atoms. The Hall–Kier alpha value is -1.26. The van der Waals surface area contributed by atoms with Crippen LogP contribution in [0.2, 0.25) is 10.0 Å². The normalized spacial score (nSPS) is 16.5. The van der Waals surface area contributed by atoms with E-state index in [4.69, 9.17) is 23.2 Å². The Morgan fingerprint density at radius 2 is 1.90 bits per heavy atom. The van der Waals surface area contributed by atoms with Gasteiger partial charge in [0, 0.05) is 11.6 Å². The molecule has 0 spiro atoms. The molecule has 0 aliphatic heterocycles. The van der Waals surface area contributed by atoms with Gasteiger partial charge in [0.25, 0.3) is 0 Å². The van der Waals surface area contributed by atoms with Gasteiger partial charge < -0.3 is 0 Å². The summed E-state index contributed by atoms with van der Waals surface area (Å²) in [6, 6.07) is 5.53. The van der Waals surface area contributed by atoms with Crippen molar-refractivity contribution in [3.05, 3.63) is 38.7 Å². The van der Waals surface area contributed by atoms with Gasteiger partial charge in [0.15, 0.2) is 5.82 Å². The van der Waals surface area contributed by atoms with Crippen LogP contribution < -0.4 is 5.69 Å². The Morgan fingerprint density at radius 3 is 2.60 bits per heavy atom. The summed E-state index contributed by atoms with van der Waals surface area (Å²) in [6.07, 6.45) is 5.60. The SMILES string of the molecule is O=c1[nH]nc(-c2ccc(Cl)c(Cl)c2)n1C1CCCCC1. The molecule has 1 aromatic carbocycles. The fraction of sp³-hybridized carbons (Fsp3) is 0.429. The first-order valence-electron chi connectivity index (χ1n) is 6.79. The average molecular weight is 312 g/mol. The molecule has 0 atom stereocenters. The highest BCUT2D eigenvalue weighted by molar-refractivity contribution is 6.42. The number of halogens is 2. The average Bonchev–Trinajstić information content (AvgIpc) is 2.85. The van der Waals surface area contributed by atoms with Crippen LogP contribution in [-0.4, -0.2) is 14.8 Å². The summed E-state index contributed by atoms with van der Waals surface area (Å²) in [6.45, 7) is 0. The molecule has 0 amide bonds. The molecular weight excluding hydrogens is 297 g/mol. The van der Waals surface area contributed by atoms with Gasteiger partial charge in [0.05, 0.1) is 10.0 Å². The van der Waals surface area contributed by atoms with Crippen LogP contribution in [-0.2, 0) is 0 Å². The predicted molar refractivity (Wildman–Crippen MR) is 80.4 cm³/mol. The molecule has 20 heavy (non-hydrogen) atoms. The lowest BCUT2D eigenvalue weighted by Crippen LogP contribution is -2.24. The number of benzene rings is 1. The Kier molecular flexibility index (Phi) is 3.85. The number of H-pyrrole nitrogens is 1. The van der Waals surface area contributed by atoms with E-state index in [-0.39, 0.29) is 11.7 Å². The highest BCUT2D eigenvalue weighted by Gasteiger charge is 2.22. The van der Waals surface area contributed by atoms with Crippen molar-refractivity contribution in [2.24, 2.45) is 0 Å². The molecule has 6 heteroatoms. The molecule has 4 nitrogen and oxygen atoms in total. The second-order valence-corrected chi connectivity index (χ2v) is 5.96. The van der Waals surface area contributed by atoms with Crippen LogP contribution in [0, 0.1) is 0 Å². The smallest absolute Gasteiger partial charge is 0.272 e.